The van der Waals surface area contributed by atoms with Gasteiger partial charge in [-0.05, 0) is 13.8 Å². The van der Waals surface area contributed by atoms with Crippen LogP contribution in [0.4, 0.5) is 0 Å². The van der Waals surface area contributed by atoms with Gasteiger partial charge in [-0.25, -0.2) is 0 Å². The summed E-state index contributed by atoms with van der Waals surface area (Å²) in [6.07, 6.45) is 1.19. The SMILES string of the molecule is Cc1cnoc1C(=O)N1CC(CO)OCC1C. The number of hydrogen-bond donors (Lipinski definition) is 1. The number of amides is 1. The fourth-order valence-electron chi connectivity index (χ4n) is 1.84. The maximum absolute atomic E-state index is 12.2. The second-order valence-corrected chi connectivity index (χ2v) is 4.28. The molecule has 1 aliphatic heterocycles. The number of morpholine rings is 1. The van der Waals surface area contributed by atoms with Gasteiger partial charge in [0.15, 0.2) is 0 Å². The highest BCUT2D eigenvalue weighted by atomic mass is 16.5. The quantitative estimate of drug-likeness (QED) is 0.799. The Balaban J connectivity index is 2.15. The van der Waals surface area contributed by atoms with Crippen LogP contribution in [0.15, 0.2) is 10.7 Å². The summed E-state index contributed by atoms with van der Waals surface area (Å²) in [6, 6.07) is -0.0326. The summed E-state index contributed by atoms with van der Waals surface area (Å²) < 4.78 is 10.3. The number of nitrogens with zero attached hydrogens (tertiary/aromatic N) is 2. The number of aromatic nitrogens is 1. The molecule has 0 bridgehead atoms. The maximum Gasteiger partial charge on any atom is 0.293 e. The van der Waals surface area contributed by atoms with Crippen molar-refractivity contribution in [2.24, 2.45) is 0 Å². The fourth-order valence-corrected chi connectivity index (χ4v) is 1.84. The van der Waals surface area contributed by atoms with Crippen molar-refractivity contribution < 1.29 is 19.2 Å². The van der Waals surface area contributed by atoms with Gasteiger partial charge < -0.3 is 19.3 Å². The van der Waals surface area contributed by atoms with Gasteiger partial charge in [0.25, 0.3) is 5.91 Å². The zero-order valence-corrected chi connectivity index (χ0v) is 9.92. The zero-order valence-electron chi connectivity index (χ0n) is 9.92. The minimum Gasteiger partial charge on any atom is -0.394 e. The molecule has 1 saturated heterocycles. The van der Waals surface area contributed by atoms with E-state index in [1.165, 1.54) is 6.20 Å². The minimum atomic E-state index is -0.321. The molecule has 0 saturated carbocycles. The number of rotatable bonds is 2. The van der Waals surface area contributed by atoms with Crippen LogP contribution in [0.25, 0.3) is 0 Å². The van der Waals surface area contributed by atoms with Crippen LogP contribution in [0.1, 0.15) is 23.0 Å². The van der Waals surface area contributed by atoms with E-state index in [9.17, 15) is 4.79 Å². The van der Waals surface area contributed by atoms with E-state index >= 15 is 0 Å². The summed E-state index contributed by atoms with van der Waals surface area (Å²) in [7, 11) is 0. The van der Waals surface area contributed by atoms with Crippen LogP contribution >= 0.6 is 0 Å². The third kappa shape index (κ3) is 2.32. The number of hydrogen-bond acceptors (Lipinski definition) is 5. The first-order valence-electron chi connectivity index (χ1n) is 5.58. The zero-order chi connectivity index (χ0) is 12.4. The summed E-state index contributed by atoms with van der Waals surface area (Å²) in [4.78, 5) is 13.9. The molecule has 0 spiro atoms. The molecule has 1 aromatic heterocycles. The predicted molar refractivity (Wildman–Crippen MR) is 58.6 cm³/mol. The van der Waals surface area contributed by atoms with E-state index in [2.05, 4.69) is 5.16 Å². The molecule has 0 aromatic carbocycles. The first-order chi connectivity index (χ1) is 8.13. The molecule has 1 N–H and O–H groups in total. The molecule has 2 atom stereocenters. The Kier molecular flexibility index (Phi) is 3.44. The normalized spacial score (nSPS) is 25.0. The average molecular weight is 240 g/mol. The van der Waals surface area contributed by atoms with Gasteiger partial charge >= 0.3 is 0 Å². The standard InChI is InChI=1S/C11H16N2O4/c1-7-3-12-17-10(7)11(15)13-4-9(5-14)16-6-8(13)2/h3,8-9,14H,4-6H2,1-2H3. The van der Waals surface area contributed by atoms with E-state index in [4.69, 9.17) is 14.4 Å². The lowest BCUT2D eigenvalue weighted by Gasteiger charge is -2.36. The van der Waals surface area contributed by atoms with E-state index in [0.29, 0.717) is 18.7 Å². The highest BCUT2D eigenvalue weighted by Crippen LogP contribution is 2.17. The molecule has 6 heteroatoms. The highest BCUT2D eigenvalue weighted by molar-refractivity contribution is 5.92. The van der Waals surface area contributed by atoms with E-state index in [1.54, 1.807) is 11.8 Å². The molecule has 0 radical (unpaired) electrons. The summed E-state index contributed by atoms with van der Waals surface area (Å²) >= 11 is 0. The smallest absolute Gasteiger partial charge is 0.293 e. The number of aliphatic hydroxyl groups is 1. The lowest BCUT2D eigenvalue weighted by atomic mass is 10.1. The van der Waals surface area contributed by atoms with E-state index < -0.39 is 0 Å². The number of aliphatic hydroxyl groups excluding tert-OH is 1. The molecule has 2 unspecified atom stereocenters. The Morgan fingerprint density at radius 3 is 3.06 bits per heavy atom. The summed E-state index contributed by atoms with van der Waals surface area (Å²) in [5.74, 6) is 0.0599. The van der Waals surface area contributed by atoms with Crippen LogP contribution in [0.2, 0.25) is 0 Å². The topological polar surface area (TPSA) is 75.8 Å². The summed E-state index contributed by atoms with van der Waals surface area (Å²) in [5, 5.41) is 12.7. The van der Waals surface area contributed by atoms with Gasteiger partial charge in [-0.2, -0.15) is 0 Å². The van der Waals surface area contributed by atoms with Crippen LogP contribution in [0.3, 0.4) is 0 Å². The van der Waals surface area contributed by atoms with E-state index in [0.717, 1.165) is 0 Å². The number of carbonyl (C=O) groups excluding carboxylic acids is 1. The van der Waals surface area contributed by atoms with Gasteiger partial charge in [0, 0.05) is 12.1 Å². The third-order valence-electron chi connectivity index (χ3n) is 2.91. The van der Waals surface area contributed by atoms with Crippen LogP contribution in [-0.2, 0) is 4.74 Å². The molecular weight excluding hydrogens is 224 g/mol. The predicted octanol–water partition coefficient (Wildman–Crippen LogP) is 0.205. The van der Waals surface area contributed by atoms with Gasteiger partial charge in [-0.1, -0.05) is 5.16 Å². The Hall–Kier alpha value is -1.40. The van der Waals surface area contributed by atoms with Gasteiger partial charge in [-0.15, -0.1) is 0 Å². The molecule has 6 nitrogen and oxygen atoms in total. The molecule has 1 aliphatic rings. The second kappa shape index (κ2) is 4.85. The first-order valence-corrected chi connectivity index (χ1v) is 5.58. The van der Waals surface area contributed by atoms with Crippen molar-refractivity contribution in [3.05, 3.63) is 17.5 Å². The van der Waals surface area contributed by atoms with Crippen molar-refractivity contribution in [3.8, 4) is 0 Å². The lowest BCUT2D eigenvalue weighted by Crippen LogP contribution is -2.52. The lowest BCUT2D eigenvalue weighted by molar-refractivity contribution is -0.0675. The first kappa shape index (κ1) is 12.1. The average Bonchev–Trinajstić information content (AvgIpc) is 2.75. The number of aryl methyl sites for hydroxylation is 1. The van der Waals surface area contributed by atoms with Crippen molar-refractivity contribution in [1.82, 2.24) is 10.1 Å². The van der Waals surface area contributed by atoms with Crippen molar-refractivity contribution in [2.45, 2.75) is 26.0 Å². The van der Waals surface area contributed by atoms with Crippen molar-refractivity contribution in [3.63, 3.8) is 0 Å². The van der Waals surface area contributed by atoms with Gasteiger partial charge in [0.2, 0.25) is 5.76 Å². The molecule has 0 aliphatic carbocycles. The monoisotopic (exact) mass is 240 g/mol. The van der Waals surface area contributed by atoms with Crippen molar-refractivity contribution in [2.75, 3.05) is 19.8 Å². The summed E-state index contributed by atoms with van der Waals surface area (Å²) in [6.45, 7) is 4.38. The second-order valence-electron chi connectivity index (χ2n) is 4.28. The van der Waals surface area contributed by atoms with Gasteiger partial charge in [0.05, 0.1) is 31.6 Å². The van der Waals surface area contributed by atoms with Crippen molar-refractivity contribution in [1.29, 1.82) is 0 Å². The van der Waals surface area contributed by atoms with Crippen LogP contribution in [0, 0.1) is 6.92 Å². The molecule has 2 rings (SSSR count). The largest absolute Gasteiger partial charge is 0.394 e. The Labute approximate surface area is 99.1 Å². The van der Waals surface area contributed by atoms with Crippen LogP contribution in [0.5, 0.6) is 0 Å². The Morgan fingerprint density at radius 2 is 2.47 bits per heavy atom. The Bertz CT molecular complexity index is 404. The third-order valence-corrected chi connectivity index (χ3v) is 2.91. The van der Waals surface area contributed by atoms with Gasteiger partial charge in [0.1, 0.15) is 0 Å². The molecule has 1 amide bonds. The molecule has 17 heavy (non-hydrogen) atoms. The van der Waals surface area contributed by atoms with Gasteiger partial charge in [-0.3, -0.25) is 4.79 Å². The van der Waals surface area contributed by atoms with Crippen LogP contribution in [-0.4, -0.2) is 53.0 Å². The van der Waals surface area contributed by atoms with E-state index in [-0.39, 0.29) is 30.4 Å². The highest BCUT2D eigenvalue weighted by Gasteiger charge is 2.32. The molecule has 1 fully saturated rings. The van der Waals surface area contributed by atoms with Crippen molar-refractivity contribution >= 4 is 5.91 Å². The molecular formula is C11H16N2O4. The molecule has 2 heterocycles. The van der Waals surface area contributed by atoms with E-state index in [1.807, 2.05) is 6.92 Å². The Morgan fingerprint density at radius 1 is 1.71 bits per heavy atom. The minimum absolute atomic E-state index is 0.0326. The fraction of sp³-hybridized carbons (Fsp3) is 0.636. The maximum atomic E-state index is 12.2. The summed E-state index contributed by atoms with van der Waals surface area (Å²) in [5.41, 5.74) is 0.717. The van der Waals surface area contributed by atoms with Crippen LogP contribution < -0.4 is 0 Å². The number of ether oxygens (including phenoxy) is 1. The molecule has 94 valence electrons. The number of carbonyl (C=O) groups is 1. The molecule has 1 aromatic rings.